The summed E-state index contributed by atoms with van der Waals surface area (Å²) in [5.41, 5.74) is 0. The van der Waals surface area contributed by atoms with Crippen molar-refractivity contribution in [3.63, 3.8) is 0 Å². The quantitative estimate of drug-likeness (QED) is 0.524. The Balaban J connectivity index is 3.74. The molecule has 0 aromatic carbocycles. The number of hydrogen-bond donors (Lipinski definition) is 1. The molecule has 0 aromatic heterocycles. The highest BCUT2D eigenvalue weighted by Gasteiger charge is 2.04. The summed E-state index contributed by atoms with van der Waals surface area (Å²) in [6.07, 6.45) is 3.94. The van der Waals surface area contributed by atoms with E-state index in [4.69, 9.17) is 9.84 Å². The Morgan fingerprint density at radius 3 is 2.64 bits per heavy atom. The molecular formula is C10H16O4. The van der Waals surface area contributed by atoms with Crippen molar-refractivity contribution in [1.29, 1.82) is 0 Å². The van der Waals surface area contributed by atoms with Gasteiger partial charge in [-0.1, -0.05) is 19.4 Å². The maximum absolute atomic E-state index is 11.0. The maximum atomic E-state index is 11.0. The van der Waals surface area contributed by atoms with E-state index in [1.807, 2.05) is 13.8 Å². The molecule has 14 heavy (non-hydrogen) atoms. The summed E-state index contributed by atoms with van der Waals surface area (Å²) in [6.45, 7) is 3.82. The van der Waals surface area contributed by atoms with Crippen LogP contribution in [0.2, 0.25) is 0 Å². The van der Waals surface area contributed by atoms with Gasteiger partial charge >= 0.3 is 11.9 Å². The van der Waals surface area contributed by atoms with Gasteiger partial charge in [-0.2, -0.15) is 0 Å². The van der Waals surface area contributed by atoms with Gasteiger partial charge in [-0.05, 0) is 13.3 Å². The molecule has 0 amide bonds. The molecule has 0 saturated carbocycles. The minimum absolute atomic E-state index is 0.109. The normalized spacial score (nSPS) is 12.7. The van der Waals surface area contributed by atoms with Crippen LogP contribution in [0.1, 0.15) is 33.1 Å². The zero-order valence-corrected chi connectivity index (χ0v) is 8.53. The molecule has 0 fully saturated rings. The van der Waals surface area contributed by atoms with Crippen molar-refractivity contribution < 1.29 is 19.4 Å². The molecule has 0 bridgehead atoms. The van der Waals surface area contributed by atoms with Crippen molar-refractivity contribution in [2.75, 3.05) is 0 Å². The molecule has 0 aliphatic carbocycles. The third-order valence-corrected chi connectivity index (χ3v) is 1.56. The fourth-order valence-corrected chi connectivity index (χ4v) is 0.959. The highest BCUT2D eigenvalue weighted by Crippen LogP contribution is 2.01. The number of aliphatic carboxylic acids is 1. The first-order chi connectivity index (χ1) is 6.56. The van der Waals surface area contributed by atoms with E-state index in [9.17, 15) is 9.59 Å². The van der Waals surface area contributed by atoms with Crippen LogP contribution in [0, 0.1) is 0 Å². The van der Waals surface area contributed by atoms with Crippen LogP contribution in [0.15, 0.2) is 12.2 Å². The van der Waals surface area contributed by atoms with E-state index in [1.54, 1.807) is 0 Å². The summed E-state index contributed by atoms with van der Waals surface area (Å²) in [5.74, 6) is -1.44. The van der Waals surface area contributed by atoms with E-state index in [2.05, 4.69) is 0 Å². The highest BCUT2D eigenvalue weighted by molar-refractivity contribution is 5.83. The number of carboxylic acids is 1. The molecule has 0 radical (unpaired) electrons. The molecule has 1 unspecified atom stereocenters. The van der Waals surface area contributed by atoms with Crippen LogP contribution in [-0.4, -0.2) is 23.1 Å². The number of esters is 1. The second kappa shape index (κ2) is 7.12. The van der Waals surface area contributed by atoms with Crippen molar-refractivity contribution in [2.45, 2.75) is 39.2 Å². The summed E-state index contributed by atoms with van der Waals surface area (Å²) in [7, 11) is 0. The molecule has 0 aliphatic heterocycles. The van der Waals surface area contributed by atoms with Crippen LogP contribution in [0.25, 0.3) is 0 Å². The Bertz CT molecular complexity index is 220. The van der Waals surface area contributed by atoms with E-state index in [0.29, 0.717) is 0 Å². The predicted molar refractivity (Wildman–Crippen MR) is 51.9 cm³/mol. The first kappa shape index (κ1) is 12.7. The van der Waals surface area contributed by atoms with Crippen LogP contribution in [0.5, 0.6) is 0 Å². The molecule has 0 heterocycles. The van der Waals surface area contributed by atoms with Crippen molar-refractivity contribution in [2.24, 2.45) is 0 Å². The first-order valence-corrected chi connectivity index (χ1v) is 4.65. The molecule has 0 aliphatic rings. The zero-order valence-electron chi connectivity index (χ0n) is 8.53. The predicted octanol–water partition coefficient (Wildman–Crippen LogP) is 1.75. The van der Waals surface area contributed by atoms with Gasteiger partial charge in [0.15, 0.2) is 0 Å². The lowest BCUT2D eigenvalue weighted by Gasteiger charge is -2.09. The number of carbonyl (C=O) groups excluding carboxylic acids is 1. The van der Waals surface area contributed by atoms with Crippen LogP contribution in [0.4, 0.5) is 0 Å². The fraction of sp³-hybridized carbons (Fsp3) is 0.600. The average Bonchev–Trinajstić information content (AvgIpc) is 2.03. The fourth-order valence-electron chi connectivity index (χ4n) is 0.959. The lowest BCUT2D eigenvalue weighted by atomic mass is 10.2. The number of carbonyl (C=O) groups is 2. The van der Waals surface area contributed by atoms with Gasteiger partial charge in [-0.15, -0.1) is 0 Å². The van der Waals surface area contributed by atoms with Gasteiger partial charge in [0.1, 0.15) is 0 Å². The van der Waals surface area contributed by atoms with Crippen LogP contribution in [-0.2, 0) is 14.3 Å². The van der Waals surface area contributed by atoms with Gasteiger partial charge in [0.05, 0.1) is 12.5 Å². The van der Waals surface area contributed by atoms with Gasteiger partial charge in [-0.3, -0.25) is 4.79 Å². The Morgan fingerprint density at radius 1 is 1.50 bits per heavy atom. The number of hydrogen-bond acceptors (Lipinski definition) is 3. The summed E-state index contributed by atoms with van der Waals surface area (Å²) in [5, 5.41) is 8.29. The molecule has 4 heteroatoms. The summed E-state index contributed by atoms with van der Waals surface area (Å²) < 4.78 is 4.95. The van der Waals surface area contributed by atoms with Gasteiger partial charge in [-0.25, -0.2) is 4.79 Å². The average molecular weight is 200 g/mol. The van der Waals surface area contributed by atoms with Gasteiger partial charge in [0.25, 0.3) is 0 Å². The molecule has 0 aromatic rings. The highest BCUT2D eigenvalue weighted by atomic mass is 16.5. The monoisotopic (exact) mass is 200 g/mol. The molecule has 0 spiro atoms. The van der Waals surface area contributed by atoms with Gasteiger partial charge in [0.2, 0.25) is 0 Å². The maximum Gasteiger partial charge on any atom is 0.330 e. The second-order valence-electron chi connectivity index (χ2n) is 3.04. The van der Waals surface area contributed by atoms with Gasteiger partial charge in [0, 0.05) is 6.08 Å². The third kappa shape index (κ3) is 7.34. The Morgan fingerprint density at radius 2 is 2.14 bits per heavy atom. The summed E-state index contributed by atoms with van der Waals surface area (Å²) >= 11 is 0. The van der Waals surface area contributed by atoms with E-state index in [1.165, 1.54) is 6.08 Å². The smallest absolute Gasteiger partial charge is 0.330 e. The number of ether oxygens (including phenoxy) is 1. The van der Waals surface area contributed by atoms with Crippen molar-refractivity contribution >= 4 is 11.9 Å². The molecule has 4 nitrogen and oxygen atoms in total. The van der Waals surface area contributed by atoms with E-state index in [0.717, 1.165) is 18.9 Å². The summed E-state index contributed by atoms with van der Waals surface area (Å²) in [4.78, 5) is 21.1. The zero-order chi connectivity index (χ0) is 11.0. The SMILES string of the molecule is CCCC(C)OC(=O)/C=C/CC(=O)O. The Hall–Kier alpha value is -1.32. The van der Waals surface area contributed by atoms with E-state index < -0.39 is 11.9 Å². The molecule has 1 N–H and O–H groups in total. The minimum Gasteiger partial charge on any atom is -0.481 e. The second-order valence-corrected chi connectivity index (χ2v) is 3.04. The number of rotatable bonds is 6. The summed E-state index contributed by atoms with van der Waals surface area (Å²) in [6, 6.07) is 0. The lowest BCUT2D eigenvalue weighted by Crippen LogP contribution is -2.12. The van der Waals surface area contributed by atoms with Crippen molar-refractivity contribution in [3.05, 3.63) is 12.2 Å². The third-order valence-electron chi connectivity index (χ3n) is 1.56. The molecular weight excluding hydrogens is 184 g/mol. The topological polar surface area (TPSA) is 63.6 Å². The van der Waals surface area contributed by atoms with Crippen LogP contribution in [0.3, 0.4) is 0 Å². The van der Waals surface area contributed by atoms with Crippen molar-refractivity contribution in [1.82, 2.24) is 0 Å². The first-order valence-electron chi connectivity index (χ1n) is 4.65. The van der Waals surface area contributed by atoms with E-state index >= 15 is 0 Å². The molecule has 1 atom stereocenters. The largest absolute Gasteiger partial charge is 0.481 e. The standard InChI is InChI=1S/C10H16O4/c1-3-5-8(2)14-10(13)7-4-6-9(11)12/h4,7-8H,3,5-6H2,1-2H3,(H,11,12)/b7-4+. The van der Waals surface area contributed by atoms with Crippen molar-refractivity contribution in [3.8, 4) is 0 Å². The molecule has 80 valence electrons. The number of carboxylic acid groups (broad SMARTS) is 1. The molecule has 0 saturated heterocycles. The van der Waals surface area contributed by atoms with E-state index in [-0.39, 0.29) is 12.5 Å². The Kier molecular flexibility index (Phi) is 6.45. The van der Waals surface area contributed by atoms with Crippen LogP contribution >= 0.6 is 0 Å². The Labute approximate surface area is 83.6 Å². The lowest BCUT2D eigenvalue weighted by molar-refractivity contribution is -0.142. The van der Waals surface area contributed by atoms with Crippen LogP contribution < -0.4 is 0 Å². The molecule has 0 rings (SSSR count). The van der Waals surface area contributed by atoms with Gasteiger partial charge < -0.3 is 9.84 Å². The minimum atomic E-state index is -0.962.